The second-order valence-electron chi connectivity index (χ2n) is 7.11. The third-order valence-electron chi connectivity index (χ3n) is 5.45. The highest BCUT2D eigenvalue weighted by atomic mass is 32.2. The number of hydrogen-bond donors (Lipinski definition) is 0. The van der Waals surface area contributed by atoms with Gasteiger partial charge in [0.1, 0.15) is 0 Å². The highest BCUT2D eigenvalue weighted by molar-refractivity contribution is 7.89. The molecule has 0 radical (unpaired) electrons. The molecule has 0 aromatic heterocycles. The van der Waals surface area contributed by atoms with Crippen LogP contribution in [0.2, 0.25) is 0 Å². The number of fused-ring (bicyclic) bond motifs is 2. The third kappa shape index (κ3) is 3.51. The van der Waals surface area contributed by atoms with Gasteiger partial charge in [0, 0.05) is 25.1 Å². The molecule has 0 aliphatic carbocycles. The fourth-order valence-electron chi connectivity index (χ4n) is 3.89. The van der Waals surface area contributed by atoms with Crippen LogP contribution in [-0.2, 0) is 16.4 Å². The number of sulfonamides is 1. The van der Waals surface area contributed by atoms with Crippen LogP contribution in [0.1, 0.15) is 30.5 Å². The Labute approximate surface area is 171 Å². The Morgan fingerprint density at radius 3 is 2.38 bits per heavy atom. The van der Waals surface area contributed by atoms with E-state index in [1.54, 1.807) is 12.1 Å². The van der Waals surface area contributed by atoms with Crippen molar-refractivity contribution in [3.63, 3.8) is 0 Å². The van der Waals surface area contributed by atoms with Gasteiger partial charge in [-0.15, -0.1) is 0 Å². The van der Waals surface area contributed by atoms with Crippen molar-refractivity contribution in [1.29, 1.82) is 0 Å². The molecule has 1 atom stereocenters. The molecule has 0 saturated heterocycles. The lowest BCUT2D eigenvalue weighted by Crippen LogP contribution is -2.38. The summed E-state index contributed by atoms with van der Waals surface area (Å²) in [6.45, 7) is 3.51. The summed E-state index contributed by atoms with van der Waals surface area (Å²) < 4.78 is 50.4. The summed E-state index contributed by atoms with van der Waals surface area (Å²) >= 11 is 0. The van der Waals surface area contributed by atoms with Gasteiger partial charge in [-0.2, -0.15) is 4.31 Å². The average Bonchev–Trinajstić information content (AvgIpc) is 2.97. The highest BCUT2D eigenvalue weighted by Gasteiger charge is 2.35. The lowest BCUT2D eigenvalue weighted by molar-refractivity contribution is 0.296. The quantitative estimate of drug-likeness (QED) is 0.758. The van der Waals surface area contributed by atoms with Crippen molar-refractivity contribution >= 4 is 10.0 Å². The lowest BCUT2D eigenvalue weighted by Gasteiger charge is -2.34. The molecule has 0 N–H and O–H groups in total. The van der Waals surface area contributed by atoms with Gasteiger partial charge in [-0.25, -0.2) is 8.42 Å². The summed E-state index contributed by atoms with van der Waals surface area (Å²) in [5, 5.41) is 0. The molecule has 0 fully saturated rings. The van der Waals surface area contributed by atoms with Gasteiger partial charge in [0.05, 0.1) is 32.3 Å². The van der Waals surface area contributed by atoms with Crippen molar-refractivity contribution in [1.82, 2.24) is 4.31 Å². The smallest absolute Gasteiger partial charge is 0.243 e. The molecule has 2 aromatic carbocycles. The fourth-order valence-corrected chi connectivity index (χ4v) is 5.52. The van der Waals surface area contributed by atoms with E-state index in [9.17, 15) is 8.42 Å². The van der Waals surface area contributed by atoms with E-state index >= 15 is 0 Å². The Balaban J connectivity index is 1.69. The molecule has 0 bridgehead atoms. The Kier molecular flexibility index (Phi) is 5.31. The minimum Gasteiger partial charge on any atom is -0.493 e. The third-order valence-corrected chi connectivity index (χ3v) is 7.42. The zero-order chi connectivity index (χ0) is 20.6. The van der Waals surface area contributed by atoms with Gasteiger partial charge in [0.15, 0.2) is 23.0 Å². The zero-order valence-corrected chi connectivity index (χ0v) is 17.6. The van der Waals surface area contributed by atoms with Crippen LogP contribution in [-0.4, -0.2) is 46.7 Å². The van der Waals surface area contributed by atoms with E-state index in [2.05, 4.69) is 0 Å². The molecule has 2 aromatic rings. The van der Waals surface area contributed by atoms with Crippen molar-refractivity contribution in [2.45, 2.75) is 30.7 Å². The van der Waals surface area contributed by atoms with Gasteiger partial charge >= 0.3 is 0 Å². The molecule has 0 unspecified atom stereocenters. The molecule has 156 valence electrons. The van der Waals surface area contributed by atoms with Gasteiger partial charge in [-0.05, 0) is 48.7 Å². The lowest BCUT2D eigenvalue weighted by atomic mass is 9.94. The molecule has 2 aliphatic heterocycles. The Bertz CT molecular complexity index is 1020. The van der Waals surface area contributed by atoms with E-state index in [1.807, 2.05) is 19.1 Å². The van der Waals surface area contributed by atoms with Gasteiger partial charge in [-0.3, -0.25) is 0 Å². The van der Waals surface area contributed by atoms with Crippen molar-refractivity contribution in [2.24, 2.45) is 0 Å². The molecule has 29 heavy (non-hydrogen) atoms. The monoisotopic (exact) mass is 419 g/mol. The highest BCUT2D eigenvalue weighted by Crippen LogP contribution is 2.41. The van der Waals surface area contributed by atoms with Crippen LogP contribution in [0, 0.1) is 0 Å². The van der Waals surface area contributed by atoms with Crippen LogP contribution < -0.4 is 18.9 Å². The summed E-state index contributed by atoms with van der Waals surface area (Å²) in [4.78, 5) is 0.180. The van der Waals surface area contributed by atoms with E-state index in [-0.39, 0.29) is 10.9 Å². The topological polar surface area (TPSA) is 74.3 Å². The standard InChI is InChI=1S/C21H25NO6S/c1-14-17-13-21-20(27-9-4-10-28-21)11-15(17)7-8-22(14)29(23,24)16-5-6-18(25-2)19(12-16)26-3/h5-6,11-14H,4,7-10H2,1-3H3/t14-/m1/s1. The van der Waals surface area contributed by atoms with Gasteiger partial charge < -0.3 is 18.9 Å². The first-order valence-electron chi connectivity index (χ1n) is 9.62. The number of nitrogens with zero attached hydrogens (tertiary/aromatic N) is 1. The maximum Gasteiger partial charge on any atom is 0.243 e. The summed E-state index contributed by atoms with van der Waals surface area (Å²) in [6.07, 6.45) is 1.44. The summed E-state index contributed by atoms with van der Waals surface area (Å²) in [5.74, 6) is 2.29. The van der Waals surface area contributed by atoms with Crippen LogP contribution in [0.15, 0.2) is 35.2 Å². The first-order valence-corrected chi connectivity index (χ1v) is 11.1. The van der Waals surface area contributed by atoms with Gasteiger partial charge in [-0.1, -0.05) is 0 Å². The maximum atomic E-state index is 13.4. The normalized spacial score (nSPS) is 19.2. The second kappa shape index (κ2) is 7.76. The molecule has 0 amide bonds. The first kappa shape index (κ1) is 19.8. The number of methoxy groups -OCH3 is 2. The van der Waals surface area contributed by atoms with Crippen LogP contribution in [0.4, 0.5) is 0 Å². The summed E-state index contributed by atoms with van der Waals surface area (Å²) in [5.41, 5.74) is 2.05. The zero-order valence-electron chi connectivity index (χ0n) is 16.8. The fraction of sp³-hybridized carbons (Fsp3) is 0.429. The maximum absolute atomic E-state index is 13.4. The first-order chi connectivity index (χ1) is 14.0. The SMILES string of the molecule is COc1ccc(S(=O)(=O)N2CCc3cc4c(cc3[C@H]2C)OCCCO4)cc1OC. The Hall–Kier alpha value is -2.45. The summed E-state index contributed by atoms with van der Waals surface area (Å²) in [7, 11) is -0.708. The number of benzene rings is 2. The number of hydrogen-bond acceptors (Lipinski definition) is 6. The molecule has 2 aliphatic rings. The van der Waals surface area contributed by atoms with Gasteiger partial charge in [0.2, 0.25) is 10.0 Å². The van der Waals surface area contributed by atoms with Crippen LogP contribution in [0.3, 0.4) is 0 Å². The van der Waals surface area contributed by atoms with Crippen molar-refractivity contribution in [2.75, 3.05) is 34.0 Å². The molecular weight excluding hydrogens is 394 g/mol. The number of ether oxygens (including phenoxy) is 4. The molecule has 8 heteroatoms. The summed E-state index contributed by atoms with van der Waals surface area (Å²) in [6, 6.07) is 8.26. The van der Waals surface area contributed by atoms with Crippen LogP contribution >= 0.6 is 0 Å². The van der Waals surface area contributed by atoms with Crippen LogP contribution in [0.5, 0.6) is 23.0 Å². The largest absolute Gasteiger partial charge is 0.493 e. The molecule has 0 saturated carbocycles. The minimum atomic E-state index is -3.71. The predicted molar refractivity (Wildman–Crippen MR) is 108 cm³/mol. The molecular formula is C21H25NO6S. The van der Waals surface area contributed by atoms with E-state index in [0.717, 1.165) is 23.3 Å². The van der Waals surface area contributed by atoms with Crippen molar-refractivity contribution < 1.29 is 27.4 Å². The second-order valence-corrected chi connectivity index (χ2v) is 9.00. The van der Waals surface area contributed by atoms with Crippen LogP contribution in [0.25, 0.3) is 0 Å². The molecule has 0 spiro atoms. The van der Waals surface area contributed by atoms with E-state index in [1.165, 1.54) is 24.6 Å². The predicted octanol–water partition coefficient (Wildman–Crippen LogP) is 3.17. The minimum absolute atomic E-state index is 0.180. The number of rotatable bonds is 4. The van der Waals surface area contributed by atoms with Crippen molar-refractivity contribution in [3.05, 3.63) is 41.5 Å². The molecule has 7 nitrogen and oxygen atoms in total. The van der Waals surface area contributed by atoms with Crippen molar-refractivity contribution in [3.8, 4) is 23.0 Å². The molecule has 2 heterocycles. The Morgan fingerprint density at radius 2 is 1.69 bits per heavy atom. The molecule has 4 rings (SSSR count). The van der Waals surface area contributed by atoms with E-state index < -0.39 is 10.0 Å². The van der Waals surface area contributed by atoms with Gasteiger partial charge in [0.25, 0.3) is 0 Å². The average molecular weight is 419 g/mol. The Morgan fingerprint density at radius 1 is 1.00 bits per heavy atom. The van der Waals surface area contributed by atoms with E-state index in [0.29, 0.717) is 43.4 Å². The van der Waals surface area contributed by atoms with E-state index in [4.69, 9.17) is 18.9 Å².